The van der Waals surface area contributed by atoms with E-state index >= 15 is 0 Å². The summed E-state index contributed by atoms with van der Waals surface area (Å²) in [5, 5.41) is 9.71. The molecule has 0 atom stereocenters. The molecule has 0 fully saturated rings. The number of aromatic hydroxyl groups is 1. The predicted molar refractivity (Wildman–Crippen MR) is 75.9 cm³/mol. The van der Waals surface area contributed by atoms with Crippen LogP contribution in [0.2, 0.25) is 0 Å². The maximum Gasteiger partial charge on any atom is 0.221 e. The van der Waals surface area contributed by atoms with E-state index in [-0.39, 0.29) is 11.5 Å². The van der Waals surface area contributed by atoms with Crippen LogP contribution in [-0.4, -0.2) is 15.9 Å². The molecule has 4 heteroatoms. The number of ketones is 1. The maximum absolute atomic E-state index is 12.3. The van der Waals surface area contributed by atoms with E-state index in [0.717, 1.165) is 15.8 Å². The lowest BCUT2D eigenvalue weighted by Gasteiger charge is -1.96. The molecule has 3 rings (SSSR count). The number of phenolic OH excluding ortho intramolecular Hbond substituents is 1. The van der Waals surface area contributed by atoms with Gasteiger partial charge in [0, 0.05) is 5.56 Å². The average Bonchev–Trinajstić information content (AvgIpc) is 2.81. The molecule has 0 unspecified atom stereocenters. The summed E-state index contributed by atoms with van der Waals surface area (Å²) in [5.74, 6) is 0.0373. The van der Waals surface area contributed by atoms with Crippen molar-refractivity contribution in [2.24, 2.45) is 0 Å². The van der Waals surface area contributed by atoms with Crippen LogP contribution in [0.5, 0.6) is 5.75 Å². The number of hydrogen-bond acceptors (Lipinski definition) is 4. The van der Waals surface area contributed by atoms with Gasteiger partial charge in [-0.3, -0.25) is 4.79 Å². The Balaban J connectivity index is 2.04. The number of nitrogens with zero attached hydrogens (tertiary/aromatic N) is 1. The quantitative estimate of drug-likeness (QED) is 0.724. The fourth-order valence-electron chi connectivity index (χ4n) is 1.87. The van der Waals surface area contributed by atoms with E-state index < -0.39 is 0 Å². The molecule has 3 aromatic rings. The third kappa shape index (κ3) is 2.22. The van der Waals surface area contributed by atoms with E-state index in [9.17, 15) is 9.90 Å². The van der Waals surface area contributed by atoms with Gasteiger partial charge in [0.1, 0.15) is 5.75 Å². The van der Waals surface area contributed by atoms with Gasteiger partial charge in [-0.2, -0.15) is 0 Å². The van der Waals surface area contributed by atoms with Crippen LogP contribution in [-0.2, 0) is 0 Å². The number of hydrogen-bond donors (Lipinski definition) is 1. The highest BCUT2D eigenvalue weighted by atomic mass is 32.1. The van der Waals surface area contributed by atoms with Crippen molar-refractivity contribution < 1.29 is 9.90 Å². The largest absolute Gasteiger partial charge is 0.508 e. The first kappa shape index (κ1) is 11.9. The Bertz CT molecular complexity index is 759. The van der Waals surface area contributed by atoms with Gasteiger partial charge < -0.3 is 5.11 Å². The van der Waals surface area contributed by atoms with Gasteiger partial charge in [-0.15, -0.1) is 11.3 Å². The second-order valence-electron chi connectivity index (χ2n) is 4.37. The monoisotopic (exact) mass is 269 g/mol. The lowest BCUT2D eigenvalue weighted by Crippen LogP contribution is -1.99. The van der Waals surface area contributed by atoms with Crippen LogP contribution in [0.4, 0.5) is 0 Å². The average molecular weight is 269 g/mol. The van der Waals surface area contributed by atoms with E-state index in [1.807, 2.05) is 25.1 Å². The van der Waals surface area contributed by atoms with E-state index in [0.29, 0.717) is 10.6 Å². The van der Waals surface area contributed by atoms with Crippen molar-refractivity contribution in [1.29, 1.82) is 0 Å². The first-order chi connectivity index (χ1) is 9.13. The summed E-state index contributed by atoms with van der Waals surface area (Å²) >= 11 is 1.40. The van der Waals surface area contributed by atoms with Crippen molar-refractivity contribution >= 4 is 27.3 Å². The number of thiazole rings is 1. The molecule has 0 bridgehead atoms. The fourth-order valence-corrected chi connectivity index (χ4v) is 2.89. The number of aromatic nitrogens is 1. The van der Waals surface area contributed by atoms with Crippen LogP contribution < -0.4 is 0 Å². The summed E-state index contributed by atoms with van der Waals surface area (Å²) in [5.41, 5.74) is 2.53. The number of phenols is 1. The molecule has 0 spiro atoms. The minimum Gasteiger partial charge on any atom is -0.508 e. The van der Waals surface area contributed by atoms with Crippen LogP contribution in [0.3, 0.4) is 0 Å². The van der Waals surface area contributed by atoms with Crippen molar-refractivity contribution in [1.82, 2.24) is 4.98 Å². The molecule has 0 saturated carbocycles. The number of aryl methyl sites for hydroxylation is 1. The summed E-state index contributed by atoms with van der Waals surface area (Å²) in [6.45, 7) is 2.01. The smallest absolute Gasteiger partial charge is 0.221 e. The molecule has 1 N–H and O–H groups in total. The van der Waals surface area contributed by atoms with Crippen molar-refractivity contribution in [2.75, 3.05) is 0 Å². The molecule has 0 aliphatic rings. The van der Waals surface area contributed by atoms with Crippen LogP contribution in [0.1, 0.15) is 20.9 Å². The third-order valence-corrected chi connectivity index (χ3v) is 3.88. The van der Waals surface area contributed by atoms with Crippen LogP contribution in [0.25, 0.3) is 10.2 Å². The molecular weight excluding hydrogens is 258 g/mol. The Morgan fingerprint density at radius 1 is 1.16 bits per heavy atom. The highest BCUT2D eigenvalue weighted by Crippen LogP contribution is 2.25. The Morgan fingerprint density at radius 3 is 2.63 bits per heavy atom. The first-order valence-electron chi connectivity index (χ1n) is 5.84. The molecule has 0 aliphatic carbocycles. The van der Waals surface area contributed by atoms with Gasteiger partial charge in [0.2, 0.25) is 5.78 Å². The van der Waals surface area contributed by atoms with Gasteiger partial charge in [-0.1, -0.05) is 6.07 Å². The molecular formula is C15H11NO2S. The van der Waals surface area contributed by atoms with Crippen molar-refractivity contribution in [3.05, 3.63) is 58.6 Å². The van der Waals surface area contributed by atoms with E-state index in [2.05, 4.69) is 4.98 Å². The topological polar surface area (TPSA) is 50.2 Å². The Morgan fingerprint density at radius 2 is 1.89 bits per heavy atom. The maximum atomic E-state index is 12.3. The zero-order valence-corrected chi connectivity index (χ0v) is 11.1. The van der Waals surface area contributed by atoms with E-state index in [4.69, 9.17) is 0 Å². The fraction of sp³-hybridized carbons (Fsp3) is 0.0667. The lowest BCUT2D eigenvalue weighted by molar-refractivity contribution is 0.103. The van der Waals surface area contributed by atoms with E-state index in [1.54, 1.807) is 12.1 Å². The van der Waals surface area contributed by atoms with Gasteiger partial charge in [-0.05, 0) is 48.9 Å². The number of fused-ring (bicyclic) bond motifs is 1. The van der Waals surface area contributed by atoms with Gasteiger partial charge in [-0.25, -0.2) is 4.98 Å². The number of rotatable bonds is 2. The van der Waals surface area contributed by atoms with Gasteiger partial charge in [0.05, 0.1) is 10.2 Å². The zero-order chi connectivity index (χ0) is 13.4. The lowest BCUT2D eigenvalue weighted by atomic mass is 10.1. The van der Waals surface area contributed by atoms with Crippen molar-refractivity contribution in [3.63, 3.8) is 0 Å². The standard InChI is InChI=1S/C15H11NO2S/c1-9-2-7-12-13(8-9)19-15(16-12)14(18)10-3-5-11(17)6-4-10/h2-8,17H,1H3. The predicted octanol–water partition coefficient (Wildman–Crippen LogP) is 3.54. The van der Waals surface area contributed by atoms with Gasteiger partial charge in [0.15, 0.2) is 5.01 Å². The molecule has 0 aliphatic heterocycles. The summed E-state index contributed by atoms with van der Waals surface area (Å²) in [6.07, 6.45) is 0. The zero-order valence-electron chi connectivity index (χ0n) is 10.3. The minimum atomic E-state index is -0.112. The number of carbonyl (C=O) groups is 1. The highest BCUT2D eigenvalue weighted by Gasteiger charge is 2.14. The summed E-state index contributed by atoms with van der Waals surface area (Å²) in [4.78, 5) is 16.6. The number of benzene rings is 2. The Kier molecular flexibility index (Phi) is 2.80. The Labute approximate surface area is 114 Å². The van der Waals surface area contributed by atoms with E-state index in [1.165, 1.54) is 23.5 Å². The minimum absolute atomic E-state index is 0.112. The van der Waals surface area contributed by atoms with Crippen LogP contribution >= 0.6 is 11.3 Å². The highest BCUT2D eigenvalue weighted by molar-refractivity contribution is 7.20. The molecule has 3 nitrogen and oxygen atoms in total. The van der Waals surface area contributed by atoms with Gasteiger partial charge >= 0.3 is 0 Å². The van der Waals surface area contributed by atoms with Gasteiger partial charge in [0.25, 0.3) is 0 Å². The molecule has 0 saturated heterocycles. The molecule has 19 heavy (non-hydrogen) atoms. The van der Waals surface area contributed by atoms with Crippen LogP contribution in [0.15, 0.2) is 42.5 Å². The second kappa shape index (κ2) is 4.48. The molecule has 0 amide bonds. The number of carbonyl (C=O) groups excluding carboxylic acids is 1. The first-order valence-corrected chi connectivity index (χ1v) is 6.66. The van der Waals surface area contributed by atoms with Crippen LogP contribution in [0, 0.1) is 6.92 Å². The second-order valence-corrected chi connectivity index (χ2v) is 5.40. The normalized spacial score (nSPS) is 10.8. The summed E-state index contributed by atoms with van der Waals surface area (Å²) in [6, 6.07) is 12.2. The Hall–Kier alpha value is -2.20. The van der Waals surface area contributed by atoms with Crippen molar-refractivity contribution in [2.45, 2.75) is 6.92 Å². The summed E-state index contributed by atoms with van der Waals surface area (Å²) < 4.78 is 1.02. The van der Waals surface area contributed by atoms with Crippen molar-refractivity contribution in [3.8, 4) is 5.75 Å². The summed E-state index contributed by atoms with van der Waals surface area (Å²) in [7, 11) is 0. The molecule has 1 heterocycles. The molecule has 94 valence electrons. The molecule has 2 aromatic carbocycles. The molecule has 1 aromatic heterocycles. The SMILES string of the molecule is Cc1ccc2nc(C(=O)c3ccc(O)cc3)sc2c1. The third-order valence-electron chi connectivity index (χ3n) is 2.87. The molecule has 0 radical (unpaired) electrons.